The topological polar surface area (TPSA) is 97.3 Å². The summed E-state index contributed by atoms with van der Waals surface area (Å²) in [6.07, 6.45) is -1.37. The molecule has 1 aliphatic rings. The van der Waals surface area contributed by atoms with Crippen molar-refractivity contribution in [3.05, 3.63) is 35.9 Å². The third-order valence-electron chi connectivity index (χ3n) is 5.44. The smallest absolute Gasteiger partial charge is 0.328 e. The average Bonchev–Trinajstić information content (AvgIpc) is 2.78. The maximum absolute atomic E-state index is 12.9. The van der Waals surface area contributed by atoms with E-state index in [4.69, 9.17) is 37.4 Å². The molecule has 180 valence electrons. The van der Waals surface area contributed by atoms with Gasteiger partial charge in [0, 0.05) is 20.1 Å². The highest BCUT2D eigenvalue weighted by Crippen LogP contribution is 2.34. The van der Waals surface area contributed by atoms with Gasteiger partial charge in [0.15, 0.2) is 0 Å². The number of halogens is 2. The Labute approximate surface area is 199 Å². The minimum absolute atomic E-state index is 0.162. The number of aliphatic hydroxyl groups is 1. The van der Waals surface area contributed by atoms with Gasteiger partial charge in [-0.05, 0) is 19.0 Å². The maximum atomic E-state index is 12.9. The number of ether oxygens (including phenoxy) is 3. The van der Waals surface area contributed by atoms with Gasteiger partial charge in [-0.1, -0.05) is 30.3 Å². The molecule has 0 heterocycles. The fraction of sp³-hybridized carbons (Fsp3) is 0.636. The van der Waals surface area contributed by atoms with Crippen LogP contribution in [0.2, 0.25) is 0 Å². The molecule has 1 aromatic carbocycles. The van der Waals surface area contributed by atoms with Crippen molar-refractivity contribution in [2.45, 2.75) is 41.8 Å². The van der Waals surface area contributed by atoms with Gasteiger partial charge < -0.3 is 24.6 Å². The first-order valence-corrected chi connectivity index (χ1v) is 11.3. The van der Waals surface area contributed by atoms with Crippen LogP contribution in [0, 0.1) is 5.92 Å². The zero-order valence-corrected chi connectivity index (χ0v) is 20.1. The fourth-order valence-corrected chi connectivity index (χ4v) is 4.60. The van der Waals surface area contributed by atoms with Gasteiger partial charge in [-0.15, -0.1) is 23.2 Å². The Hall–Kier alpha value is -1.42. The predicted octanol–water partition coefficient (Wildman–Crippen LogP) is 1.40. The molecule has 0 aromatic heterocycles. The monoisotopic (exact) mass is 490 g/mol. The minimum atomic E-state index is -1.18. The van der Waals surface area contributed by atoms with Crippen molar-refractivity contribution in [3.8, 4) is 0 Å². The lowest BCUT2D eigenvalue weighted by molar-refractivity contribution is -0.147. The Morgan fingerprint density at radius 1 is 1.25 bits per heavy atom. The van der Waals surface area contributed by atoms with Crippen LogP contribution in [-0.2, 0) is 30.2 Å². The highest BCUT2D eigenvalue weighted by atomic mass is 35.5. The van der Waals surface area contributed by atoms with Gasteiger partial charge in [0.2, 0.25) is 5.91 Å². The highest BCUT2D eigenvalue weighted by Gasteiger charge is 2.46. The molecule has 2 N–H and O–H groups in total. The molecular weight excluding hydrogens is 459 g/mol. The quantitative estimate of drug-likeness (QED) is 0.275. The minimum Gasteiger partial charge on any atom is -0.467 e. The Bertz CT molecular complexity index is 726. The molecule has 1 aromatic rings. The molecule has 1 amide bonds. The van der Waals surface area contributed by atoms with E-state index >= 15 is 0 Å². The summed E-state index contributed by atoms with van der Waals surface area (Å²) in [6, 6.07) is 8.37. The number of alkyl halides is 2. The summed E-state index contributed by atoms with van der Waals surface area (Å²) >= 11 is 12.9. The zero-order chi connectivity index (χ0) is 23.7. The molecule has 10 heteroatoms. The van der Waals surface area contributed by atoms with E-state index in [1.54, 1.807) is 7.11 Å². The molecule has 0 bridgehead atoms. The normalized spacial score (nSPS) is 26.5. The number of nitrogens with zero attached hydrogens (tertiary/aromatic N) is 1. The number of carbonyl (C=O) groups excluding carboxylic acids is 2. The lowest BCUT2D eigenvalue weighted by Crippen LogP contribution is -2.56. The van der Waals surface area contributed by atoms with E-state index < -0.39 is 46.8 Å². The van der Waals surface area contributed by atoms with Crippen molar-refractivity contribution in [3.63, 3.8) is 0 Å². The second-order valence-corrected chi connectivity index (χ2v) is 8.96. The van der Waals surface area contributed by atoms with Crippen molar-refractivity contribution in [1.29, 1.82) is 0 Å². The second kappa shape index (κ2) is 13.3. The Morgan fingerprint density at radius 2 is 1.94 bits per heavy atom. The predicted molar refractivity (Wildman–Crippen MR) is 122 cm³/mol. The lowest BCUT2D eigenvalue weighted by Gasteiger charge is -2.39. The van der Waals surface area contributed by atoms with E-state index in [1.165, 1.54) is 7.11 Å². The number of hydrogen-bond acceptors (Lipinski definition) is 7. The van der Waals surface area contributed by atoms with Crippen LogP contribution in [0.1, 0.15) is 12.0 Å². The molecule has 0 saturated heterocycles. The molecule has 1 saturated carbocycles. The number of likely N-dealkylation sites (N-methyl/N-ethyl adjacent to an activating group) is 1. The summed E-state index contributed by atoms with van der Waals surface area (Å²) in [7, 11) is 4.75. The van der Waals surface area contributed by atoms with Crippen LogP contribution in [0.5, 0.6) is 0 Å². The van der Waals surface area contributed by atoms with Crippen molar-refractivity contribution in [2.75, 3.05) is 41.1 Å². The first-order chi connectivity index (χ1) is 15.3. The maximum Gasteiger partial charge on any atom is 0.328 e. The van der Waals surface area contributed by atoms with E-state index in [9.17, 15) is 14.7 Å². The number of esters is 1. The SMILES string of the molecule is COCN(C)CCOC1C(Cl)CC(C(=O)N[C@@H](Cc2ccccc2)C(=O)OC)C(O)C1Cl. The number of benzene rings is 1. The Kier molecular flexibility index (Phi) is 11.2. The summed E-state index contributed by atoms with van der Waals surface area (Å²) < 4.78 is 15.7. The van der Waals surface area contributed by atoms with E-state index in [2.05, 4.69) is 5.32 Å². The lowest BCUT2D eigenvalue weighted by atomic mass is 9.83. The molecule has 0 radical (unpaired) electrons. The van der Waals surface area contributed by atoms with Crippen LogP contribution in [0.4, 0.5) is 0 Å². The number of aliphatic hydroxyl groups excluding tert-OH is 1. The molecule has 0 aliphatic heterocycles. The van der Waals surface area contributed by atoms with Crippen molar-refractivity contribution < 1.29 is 28.9 Å². The van der Waals surface area contributed by atoms with E-state index in [1.807, 2.05) is 42.3 Å². The summed E-state index contributed by atoms with van der Waals surface area (Å²) in [5.74, 6) is -1.95. The van der Waals surface area contributed by atoms with Crippen molar-refractivity contribution in [2.24, 2.45) is 5.92 Å². The summed E-state index contributed by atoms with van der Waals surface area (Å²) in [5, 5.41) is 12.0. The number of hydrogen-bond donors (Lipinski definition) is 2. The first-order valence-electron chi connectivity index (χ1n) is 10.5. The third-order valence-corrected chi connectivity index (χ3v) is 6.38. The van der Waals surface area contributed by atoms with E-state index in [0.29, 0.717) is 19.9 Å². The van der Waals surface area contributed by atoms with Gasteiger partial charge in [-0.3, -0.25) is 9.69 Å². The molecule has 6 atom stereocenters. The highest BCUT2D eigenvalue weighted by molar-refractivity contribution is 6.25. The molecule has 0 spiro atoms. The fourth-order valence-electron chi connectivity index (χ4n) is 3.68. The molecule has 1 fully saturated rings. The molecule has 1 aliphatic carbocycles. The number of amides is 1. The number of rotatable bonds is 11. The zero-order valence-electron chi connectivity index (χ0n) is 18.6. The largest absolute Gasteiger partial charge is 0.467 e. The van der Waals surface area contributed by atoms with Crippen LogP contribution < -0.4 is 5.32 Å². The van der Waals surface area contributed by atoms with Crippen LogP contribution in [0.3, 0.4) is 0 Å². The van der Waals surface area contributed by atoms with Crippen LogP contribution in [0.25, 0.3) is 0 Å². The molecule has 2 rings (SSSR count). The van der Waals surface area contributed by atoms with Gasteiger partial charge in [0.1, 0.15) is 6.04 Å². The van der Waals surface area contributed by atoms with E-state index in [0.717, 1.165) is 5.56 Å². The first kappa shape index (κ1) is 26.8. The van der Waals surface area contributed by atoms with Gasteiger partial charge in [0.05, 0.1) is 49.3 Å². The number of nitrogens with one attached hydrogen (secondary N) is 1. The average molecular weight is 491 g/mol. The van der Waals surface area contributed by atoms with Gasteiger partial charge in [-0.25, -0.2) is 4.79 Å². The Morgan fingerprint density at radius 3 is 2.56 bits per heavy atom. The molecule has 5 unspecified atom stereocenters. The van der Waals surface area contributed by atoms with Crippen molar-refractivity contribution >= 4 is 35.1 Å². The van der Waals surface area contributed by atoms with Gasteiger partial charge in [-0.2, -0.15) is 0 Å². The van der Waals surface area contributed by atoms with Gasteiger partial charge in [0.25, 0.3) is 0 Å². The summed E-state index contributed by atoms with van der Waals surface area (Å²) in [4.78, 5) is 27.1. The van der Waals surface area contributed by atoms with E-state index in [-0.39, 0.29) is 12.8 Å². The van der Waals surface area contributed by atoms with Crippen LogP contribution >= 0.6 is 23.2 Å². The third kappa shape index (κ3) is 7.57. The summed E-state index contributed by atoms with van der Waals surface area (Å²) in [6.45, 7) is 1.40. The summed E-state index contributed by atoms with van der Waals surface area (Å²) in [5.41, 5.74) is 0.865. The second-order valence-electron chi connectivity index (χ2n) is 7.90. The molecular formula is C22H32Cl2N2O6. The van der Waals surface area contributed by atoms with Crippen LogP contribution in [-0.4, -0.2) is 92.0 Å². The molecule has 32 heavy (non-hydrogen) atoms. The Balaban J connectivity index is 1.98. The van der Waals surface area contributed by atoms with Crippen molar-refractivity contribution in [1.82, 2.24) is 10.2 Å². The van der Waals surface area contributed by atoms with Crippen LogP contribution in [0.15, 0.2) is 30.3 Å². The standard InChI is InChI=1S/C22H32Cl2N2O6/c1-26(13-30-2)9-10-32-20-16(23)12-15(19(27)18(20)24)21(28)25-17(22(29)31-3)11-14-7-5-4-6-8-14/h4-8,15-20,27H,9-13H2,1-3H3,(H,25,28)/t15?,16?,17-,18?,19?,20?/m0/s1. The number of carbonyl (C=O) groups is 2. The number of methoxy groups -OCH3 is 2. The van der Waals surface area contributed by atoms with Gasteiger partial charge >= 0.3 is 5.97 Å². The molecule has 8 nitrogen and oxygen atoms in total.